The molecule has 2 rings (SSSR count). The molecule has 1 saturated carbocycles. The van der Waals surface area contributed by atoms with E-state index in [-0.39, 0.29) is 5.91 Å². The Morgan fingerprint density at radius 2 is 1.95 bits per heavy atom. The molecule has 22 heavy (non-hydrogen) atoms. The smallest absolute Gasteiger partial charge is 0.235 e. The van der Waals surface area contributed by atoms with Gasteiger partial charge in [0.05, 0.1) is 19.2 Å². The fourth-order valence-electron chi connectivity index (χ4n) is 2.92. The van der Waals surface area contributed by atoms with Gasteiger partial charge in [-0.2, -0.15) is 5.26 Å². The fraction of sp³-hybridized carbons (Fsp3) is 0.875. The van der Waals surface area contributed by atoms with Crippen molar-refractivity contribution >= 4 is 5.91 Å². The van der Waals surface area contributed by atoms with E-state index in [2.05, 4.69) is 21.2 Å². The second-order valence-corrected chi connectivity index (χ2v) is 6.45. The Bertz CT molecular complexity index is 411. The first-order valence-corrected chi connectivity index (χ1v) is 8.32. The molecule has 0 aromatic heterocycles. The molecule has 1 N–H and O–H groups in total. The van der Waals surface area contributed by atoms with Crippen LogP contribution in [0.15, 0.2) is 0 Å². The van der Waals surface area contributed by atoms with Crippen LogP contribution < -0.4 is 5.32 Å². The van der Waals surface area contributed by atoms with Crippen molar-refractivity contribution < 1.29 is 9.53 Å². The van der Waals surface area contributed by atoms with Gasteiger partial charge in [0.15, 0.2) is 0 Å². The van der Waals surface area contributed by atoms with E-state index in [1.807, 2.05) is 13.8 Å². The Labute approximate surface area is 133 Å². The quantitative estimate of drug-likeness (QED) is 0.659. The molecule has 1 aliphatic carbocycles. The maximum absolute atomic E-state index is 12.2. The summed E-state index contributed by atoms with van der Waals surface area (Å²) in [5.74, 6) is 0.301. The molecule has 1 aliphatic heterocycles. The summed E-state index contributed by atoms with van der Waals surface area (Å²) in [4.78, 5) is 16.7. The lowest BCUT2D eigenvalue weighted by molar-refractivity contribution is -0.124. The molecule has 1 amide bonds. The van der Waals surface area contributed by atoms with Crippen LogP contribution in [0, 0.1) is 17.2 Å². The number of nitriles is 1. The van der Waals surface area contributed by atoms with Gasteiger partial charge < -0.3 is 10.1 Å². The van der Waals surface area contributed by atoms with Gasteiger partial charge in [0, 0.05) is 39.3 Å². The summed E-state index contributed by atoms with van der Waals surface area (Å²) < 4.78 is 5.37. The van der Waals surface area contributed by atoms with Gasteiger partial charge in [-0.1, -0.05) is 0 Å². The molecule has 0 spiro atoms. The average molecular weight is 308 g/mol. The third kappa shape index (κ3) is 4.94. The van der Waals surface area contributed by atoms with Crippen LogP contribution in [0.5, 0.6) is 0 Å². The highest BCUT2D eigenvalue weighted by Gasteiger charge is 2.43. The number of carbonyl (C=O) groups excluding carboxylic acids is 1. The Morgan fingerprint density at radius 1 is 1.32 bits per heavy atom. The largest absolute Gasteiger partial charge is 0.380 e. The first-order valence-electron chi connectivity index (χ1n) is 8.32. The van der Waals surface area contributed by atoms with E-state index in [1.165, 1.54) is 0 Å². The van der Waals surface area contributed by atoms with E-state index in [0.29, 0.717) is 12.5 Å². The monoisotopic (exact) mass is 308 g/mol. The Morgan fingerprint density at radius 3 is 2.50 bits per heavy atom. The third-order valence-electron chi connectivity index (χ3n) is 4.61. The molecule has 2 fully saturated rings. The average Bonchev–Trinajstić information content (AvgIpc) is 3.34. The molecular weight excluding hydrogens is 280 g/mol. The second kappa shape index (κ2) is 7.91. The summed E-state index contributed by atoms with van der Waals surface area (Å²) in [6.07, 6.45) is 2.09. The molecule has 0 aromatic carbocycles. The van der Waals surface area contributed by atoms with Gasteiger partial charge in [-0.3, -0.25) is 14.6 Å². The van der Waals surface area contributed by atoms with Crippen LogP contribution in [0.25, 0.3) is 0 Å². The second-order valence-electron chi connectivity index (χ2n) is 6.45. The minimum atomic E-state index is -0.684. The van der Waals surface area contributed by atoms with Crippen molar-refractivity contribution in [2.75, 3.05) is 52.5 Å². The Hall–Kier alpha value is -1.16. The van der Waals surface area contributed by atoms with Crippen molar-refractivity contribution in [3.05, 3.63) is 0 Å². The van der Waals surface area contributed by atoms with Crippen LogP contribution >= 0.6 is 0 Å². The molecule has 0 bridgehead atoms. The van der Waals surface area contributed by atoms with Crippen molar-refractivity contribution in [3.63, 3.8) is 0 Å². The van der Waals surface area contributed by atoms with Crippen molar-refractivity contribution in [1.82, 2.24) is 15.1 Å². The van der Waals surface area contributed by atoms with E-state index < -0.39 is 5.54 Å². The zero-order valence-corrected chi connectivity index (χ0v) is 13.8. The molecule has 1 saturated heterocycles. The van der Waals surface area contributed by atoms with Gasteiger partial charge in [-0.05, 0) is 32.6 Å². The minimum Gasteiger partial charge on any atom is -0.380 e. The van der Waals surface area contributed by atoms with Gasteiger partial charge >= 0.3 is 0 Å². The highest BCUT2D eigenvalue weighted by Crippen LogP contribution is 2.39. The fourth-order valence-corrected chi connectivity index (χ4v) is 2.92. The summed E-state index contributed by atoms with van der Waals surface area (Å²) in [6, 6.07) is 2.27. The van der Waals surface area contributed by atoms with E-state index in [0.717, 1.165) is 58.8 Å². The Balaban J connectivity index is 1.67. The molecule has 1 unspecified atom stereocenters. The zero-order valence-electron chi connectivity index (χ0n) is 13.8. The summed E-state index contributed by atoms with van der Waals surface area (Å²) in [6.45, 7) is 10.5. The molecule has 124 valence electrons. The van der Waals surface area contributed by atoms with E-state index in [9.17, 15) is 10.1 Å². The molecule has 2 aliphatic rings. The maximum Gasteiger partial charge on any atom is 0.235 e. The molecule has 6 nitrogen and oxygen atoms in total. The summed E-state index contributed by atoms with van der Waals surface area (Å²) in [7, 11) is 0. The normalized spacial score (nSPS) is 22.8. The van der Waals surface area contributed by atoms with E-state index in [4.69, 9.17) is 4.74 Å². The van der Waals surface area contributed by atoms with Gasteiger partial charge in [-0.25, -0.2) is 0 Å². The van der Waals surface area contributed by atoms with Crippen molar-refractivity contribution in [2.45, 2.75) is 32.2 Å². The molecular formula is C16H28N4O2. The van der Waals surface area contributed by atoms with Crippen molar-refractivity contribution in [1.29, 1.82) is 5.26 Å². The molecule has 1 heterocycles. The lowest BCUT2D eigenvalue weighted by Gasteiger charge is -2.34. The van der Waals surface area contributed by atoms with Crippen LogP contribution in [-0.2, 0) is 9.53 Å². The lowest BCUT2D eigenvalue weighted by atomic mass is 9.98. The topological polar surface area (TPSA) is 68.6 Å². The number of nitrogens with zero attached hydrogens (tertiary/aromatic N) is 3. The van der Waals surface area contributed by atoms with Gasteiger partial charge in [0.25, 0.3) is 0 Å². The maximum atomic E-state index is 12.2. The number of rotatable bonds is 8. The predicted molar refractivity (Wildman–Crippen MR) is 84.3 cm³/mol. The van der Waals surface area contributed by atoms with Crippen molar-refractivity contribution in [3.8, 4) is 6.07 Å². The summed E-state index contributed by atoms with van der Waals surface area (Å²) in [5, 5.41) is 12.2. The molecule has 0 aromatic rings. The number of ether oxygens (including phenoxy) is 1. The van der Waals surface area contributed by atoms with Crippen LogP contribution in [0.4, 0.5) is 0 Å². The Kier molecular flexibility index (Phi) is 6.18. The standard InChI is InChI=1S/C16H28N4O2/c1-3-22-11-10-19-6-8-20(9-7-19)12-15(21)18-16(2,13-17)14-4-5-14/h14H,3-12H2,1-2H3,(H,18,21). The van der Waals surface area contributed by atoms with Crippen molar-refractivity contribution in [2.24, 2.45) is 5.92 Å². The minimum absolute atomic E-state index is 0.0290. The van der Waals surface area contributed by atoms with Crippen LogP contribution in [0.1, 0.15) is 26.7 Å². The van der Waals surface area contributed by atoms with Gasteiger partial charge in [-0.15, -0.1) is 0 Å². The van der Waals surface area contributed by atoms with E-state index >= 15 is 0 Å². The zero-order chi connectivity index (χ0) is 16.0. The SMILES string of the molecule is CCOCCN1CCN(CC(=O)NC(C)(C#N)C2CC2)CC1. The number of carbonyl (C=O) groups is 1. The highest BCUT2D eigenvalue weighted by atomic mass is 16.5. The first-order chi connectivity index (χ1) is 10.6. The highest BCUT2D eigenvalue weighted by molar-refractivity contribution is 5.79. The number of nitrogens with one attached hydrogen (secondary N) is 1. The van der Waals surface area contributed by atoms with E-state index in [1.54, 1.807) is 0 Å². The number of amides is 1. The lowest BCUT2D eigenvalue weighted by Crippen LogP contribution is -2.53. The van der Waals surface area contributed by atoms with Crippen LogP contribution in [0.3, 0.4) is 0 Å². The van der Waals surface area contributed by atoms with Gasteiger partial charge in [0.1, 0.15) is 5.54 Å². The molecule has 0 radical (unpaired) electrons. The van der Waals surface area contributed by atoms with Crippen LogP contribution in [-0.4, -0.2) is 73.7 Å². The van der Waals surface area contributed by atoms with Gasteiger partial charge in [0.2, 0.25) is 5.91 Å². The number of piperazine rings is 1. The number of hydrogen-bond acceptors (Lipinski definition) is 5. The summed E-state index contributed by atoms with van der Waals surface area (Å²) >= 11 is 0. The number of hydrogen-bond donors (Lipinski definition) is 1. The first kappa shape index (κ1) is 17.2. The van der Waals surface area contributed by atoms with Crippen LogP contribution in [0.2, 0.25) is 0 Å². The summed E-state index contributed by atoms with van der Waals surface area (Å²) in [5.41, 5.74) is -0.684. The molecule has 6 heteroatoms. The molecule has 1 atom stereocenters. The third-order valence-corrected chi connectivity index (χ3v) is 4.61. The predicted octanol–water partition coefficient (Wildman–Crippen LogP) is 0.449.